The third-order valence-electron chi connectivity index (χ3n) is 2.70. The van der Waals surface area contributed by atoms with E-state index in [4.69, 9.17) is 18.0 Å². The summed E-state index contributed by atoms with van der Waals surface area (Å²) in [5.74, 6) is 0.409. The minimum atomic E-state index is -0.319. The number of hydrogen-bond acceptors (Lipinski definition) is 3. The predicted octanol–water partition coefficient (Wildman–Crippen LogP) is 2.66. The van der Waals surface area contributed by atoms with Gasteiger partial charge in [0.15, 0.2) is 0 Å². The van der Waals surface area contributed by atoms with E-state index >= 15 is 0 Å². The molecule has 0 aliphatic rings. The number of amides is 1. The lowest BCUT2D eigenvalue weighted by atomic mass is 10.2. The van der Waals surface area contributed by atoms with Crippen LogP contribution in [0.15, 0.2) is 22.7 Å². The van der Waals surface area contributed by atoms with Gasteiger partial charge < -0.3 is 16.4 Å². The fourth-order valence-electron chi connectivity index (χ4n) is 1.54. The van der Waals surface area contributed by atoms with Gasteiger partial charge in [0.05, 0.1) is 0 Å². The maximum Gasteiger partial charge on any atom is 0.242 e. The van der Waals surface area contributed by atoms with Crippen LogP contribution in [0.4, 0.5) is 5.69 Å². The molecule has 4 nitrogen and oxygen atoms in total. The number of hydrogen-bond donors (Lipinski definition) is 3. The molecule has 1 aromatic rings. The molecule has 0 spiro atoms. The van der Waals surface area contributed by atoms with Crippen LogP contribution >= 0.6 is 28.1 Å². The van der Waals surface area contributed by atoms with Crippen molar-refractivity contribution < 1.29 is 4.79 Å². The number of halogens is 1. The molecule has 1 aromatic carbocycles. The summed E-state index contributed by atoms with van der Waals surface area (Å²) in [6, 6.07) is 5.20. The topological polar surface area (TPSA) is 67.2 Å². The van der Waals surface area contributed by atoms with Crippen LogP contribution in [0.2, 0.25) is 0 Å². The van der Waals surface area contributed by atoms with Crippen molar-refractivity contribution in [2.45, 2.75) is 26.8 Å². The zero-order valence-corrected chi connectivity index (χ0v) is 14.3. The first-order valence-corrected chi connectivity index (χ1v) is 7.65. The van der Waals surface area contributed by atoms with Gasteiger partial charge in [-0.1, -0.05) is 26.1 Å². The van der Waals surface area contributed by atoms with Crippen LogP contribution in [0, 0.1) is 5.92 Å². The minimum absolute atomic E-state index is 0.0241. The van der Waals surface area contributed by atoms with E-state index in [-0.39, 0.29) is 11.9 Å². The Morgan fingerprint density at radius 1 is 1.40 bits per heavy atom. The molecule has 1 unspecified atom stereocenters. The number of rotatable bonds is 6. The van der Waals surface area contributed by atoms with Crippen LogP contribution in [0.1, 0.15) is 26.3 Å². The molecular weight excluding hydrogens is 338 g/mol. The minimum Gasteiger partial charge on any atom is -0.389 e. The molecular formula is C14H20BrN3OS. The molecule has 1 amide bonds. The second kappa shape index (κ2) is 7.59. The second-order valence-corrected chi connectivity index (χ2v) is 6.36. The number of carbonyl (C=O) groups is 1. The Morgan fingerprint density at radius 2 is 2.05 bits per heavy atom. The van der Waals surface area contributed by atoms with Gasteiger partial charge >= 0.3 is 0 Å². The van der Waals surface area contributed by atoms with Crippen molar-refractivity contribution in [2.75, 3.05) is 11.9 Å². The Bertz CT molecular complexity index is 505. The number of thiocarbonyl (C=S) groups is 1. The van der Waals surface area contributed by atoms with E-state index in [2.05, 4.69) is 40.4 Å². The molecule has 1 rings (SSSR count). The fourth-order valence-corrected chi connectivity index (χ4v) is 2.16. The third-order valence-corrected chi connectivity index (χ3v) is 3.60. The average Bonchev–Trinajstić information content (AvgIpc) is 2.37. The zero-order chi connectivity index (χ0) is 15.3. The lowest BCUT2D eigenvalue weighted by Crippen LogP contribution is -2.39. The highest BCUT2D eigenvalue weighted by Crippen LogP contribution is 2.24. The Labute approximate surface area is 133 Å². The Hall–Kier alpha value is -1.14. The van der Waals surface area contributed by atoms with Crippen LogP contribution in [0.25, 0.3) is 0 Å². The van der Waals surface area contributed by atoms with Gasteiger partial charge in [-0.15, -0.1) is 0 Å². The quantitative estimate of drug-likeness (QED) is 0.684. The summed E-state index contributed by atoms with van der Waals surface area (Å²) < 4.78 is 0.825. The maximum absolute atomic E-state index is 11.9. The lowest BCUT2D eigenvalue weighted by Gasteiger charge is -2.17. The normalized spacial score (nSPS) is 12.1. The van der Waals surface area contributed by atoms with Crippen molar-refractivity contribution in [3.63, 3.8) is 0 Å². The first kappa shape index (κ1) is 16.9. The molecule has 4 N–H and O–H groups in total. The van der Waals surface area contributed by atoms with Crippen molar-refractivity contribution in [3.05, 3.63) is 28.2 Å². The van der Waals surface area contributed by atoms with E-state index in [0.717, 1.165) is 15.7 Å². The van der Waals surface area contributed by atoms with Gasteiger partial charge in [-0.05, 0) is 47.0 Å². The van der Waals surface area contributed by atoms with Crippen LogP contribution in [0.3, 0.4) is 0 Å². The zero-order valence-electron chi connectivity index (χ0n) is 11.9. The van der Waals surface area contributed by atoms with Crippen LogP contribution < -0.4 is 16.4 Å². The first-order chi connectivity index (χ1) is 9.31. The molecule has 0 fully saturated rings. The number of nitrogens with one attached hydrogen (secondary N) is 2. The summed E-state index contributed by atoms with van der Waals surface area (Å²) in [4.78, 5) is 12.3. The molecule has 1 atom stereocenters. The summed E-state index contributed by atoms with van der Waals surface area (Å²) in [6.07, 6.45) is 0. The summed E-state index contributed by atoms with van der Waals surface area (Å²) >= 11 is 8.37. The summed E-state index contributed by atoms with van der Waals surface area (Å²) in [7, 11) is 0. The van der Waals surface area contributed by atoms with Gasteiger partial charge in [0.2, 0.25) is 5.91 Å². The molecule has 6 heteroatoms. The van der Waals surface area contributed by atoms with Gasteiger partial charge in [-0.3, -0.25) is 4.79 Å². The first-order valence-electron chi connectivity index (χ1n) is 6.45. The van der Waals surface area contributed by atoms with Crippen molar-refractivity contribution in [1.29, 1.82) is 0 Å². The molecule has 0 aromatic heterocycles. The number of nitrogens with two attached hydrogens (primary N) is 1. The van der Waals surface area contributed by atoms with Gasteiger partial charge in [-0.2, -0.15) is 0 Å². The van der Waals surface area contributed by atoms with Crippen molar-refractivity contribution in [2.24, 2.45) is 11.7 Å². The Morgan fingerprint density at radius 3 is 2.55 bits per heavy atom. The monoisotopic (exact) mass is 357 g/mol. The molecule has 0 saturated carbocycles. The molecule has 0 heterocycles. The summed E-state index contributed by atoms with van der Waals surface area (Å²) in [5, 5.41) is 6.05. The largest absolute Gasteiger partial charge is 0.389 e. The third kappa shape index (κ3) is 5.09. The maximum atomic E-state index is 11.9. The van der Waals surface area contributed by atoms with E-state index in [1.807, 2.05) is 25.1 Å². The SMILES string of the molecule is CC(C)CNC(=O)C(C)Nc1ccc(C(N)=S)cc1Br. The molecule has 0 aliphatic heterocycles. The highest BCUT2D eigenvalue weighted by atomic mass is 79.9. The molecule has 0 aliphatic carbocycles. The van der Waals surface area contributed by atoms with Crippen molar-refractivity contribution in [3.8, 4) is 0 Å². The van der Waals surface area contributed by atoms with Gasteiger partial charge in [0.25, 0.3) is 0 Å². The molecule has 0 bridgehead atoms. The van der Waals surface area contributed by atoms with Crippen molar-refractivity contribution >= 4 is 44.7 Å². The van der Waals surface area contributed by atoms with E-state index in [0.29, 0.717) is 17.5 Å². The fraction of sp³-hybridized carbons (Fsp3) is 0.429. The number of carbonyl (C=O) groups excluding carboxylic acids is 1. The summed E-state index contributed by atoms with van der Waals surface area (Å²) in [6.45, 7) is 6.61. The Kier molecular flexibility index (Phi) is 6.42. The van der Waals surface area contributed by atoms with E-state index in [1.165, 1.54) is 0 Å². The second-order valence-electron chi connectivity index (χ2n) is 5.06. The number of anilines is 1. The lowest BCUT2D eigenvalue weighted by molar-refractivity contribution is -0.121. The van der Waals surface area contributed by atoms with Crippen LogP contribution in [-0.2, 0) is 4.79 Å². The Balaban J connectivity index is 2.68. The van der Waals surface area contributed by atoms with E-state index in [9.17, 15) is 4.79 Å². The predicted molar refractivity (Wildman–Crippen MR) is 91.0 cm³/mol. The average molecular weight is 358 g/mol. The highest BCUT2D eigenvalue weighted by molar-refractivity contribution is 9.10. The van der Waals surface area contributed by atoms with E-state index < -0.39 is 0 Å². The van der Waals surface area contributed by atoms with Gasteiger partial charge in [0, 0.05) is 22.3 Å². The molecule has 20 heavy (non-hydrogen) atoms. The van der Waals surface area contributed by atoms with Crippen LogP contribution in [0.5, 0.6) is 0 Å². The van der Waals surface area contributed by atoms with Gasteiger partial charge in [0.1, 0.15) is 11.0 Å². The molecule has 110 valence electrons. The van der Waals surface area contributed by atoms with Gasteiger partial charge in [-0.25, -0.2) is 0 Å². The standard InChI is InChI=1S/C14H20BrN3OS/c1-8(2)7-17-14(19)9(3)18-12-5-4-10(13(16)20)6-11(12)15/h4-6,8-9,18H,7H2,1-3H3,(H2,16,20)(H,17,19). The summed E-state index contributed by atoms with van der Waals surface area (Å²) in [5.41, 5.74) is 7.19. The van der Waals surface area contributed by atoms with E-state index in [1.54, 1.807) is 0 Å². The smallest absolute Gasteiger partial charge is 0.242 e. The highest BCUT2D eigenvalue weighted by Gasteiger charge is 2.14. The molecule has 0 radical (unpaired) electrons. The number of benzene rings is 1. The molecule has 0 saturated heterocycles. The van der Waals surface area contributed by atoms with Crippen LogP contribution in [-0.4, -0.2) is 23.5 Å². The van der Waals surface area contributed by atoms with Crippen molar-refractivity contribution in [1.82, 2.24) is 5.32 Å².